The molecule has 0 radical (unpaired) electrons. The fourth-order valence-electron chi connectivity index (χ4n) is 1.82. The average molecular weight is 234 g/mol. The molecular formula is C11H10N2O4. The van der Waals surface area contributed by atoms with Gasteiger partial charge >= 0.3 is 11.9 Å². The Labute approximate surface area is 95.9 Å². The van der Waals surface area contributed by atoms with Gasteiger partial charge in [0.15, 0.2) is 0 Å². The van der Waals surface area contributed by atoms with E-state index in [1.54, 1.807) is 12.1 Å². The van der Waals surface area contributed by atoms with Gasteiger partial charge in [-0.1, -0.05) is 0 Å². The zero-order valence-electron chi connectivity index (χ0n) is 8.68. The van der Waals surface area contributed by atoms with Crippen LogP contribution in [-0.4, -0.2) is 32.1 Å². The average Bonchev–Trinajstić information content (AvgIpc) is 2.88. The van der Waals surface area contributed by atoms with E-state index >= 15 is 0 Å². The van der Waals surface area contributed by atoms with Crippen LogP contribution in [0, 0.1) is 0 Å². The Balaban J connectivity index is 2.73. The quantitative estimate of drug-likeness (QED) is 0.587. The van der Waals surface area contributed by atoms with E-state index in [1.807, 2.05) is 0 Å². The van der Waals surface area contributed by atoms with Gasteiger partial charge in [-0.15, -0.1) is 0 Å². The van der Waals surface area contributed by atoms with Crippen LogP contribution < -0.4 is 0 Å². The number of rotatable bonds is 4. The molecule has 0 fully saturated rings. The molecule has 0 aliphatic carbocycles. The summed E-state index contributed by atoms with van der Waals surface area (Å²) in [6.45, 7) is 0. The lowest BCUT2D eigenvalue weighted by Gasteiger charge is -2.22. The zero-order chi connectivity index (χ0) is 12.5. The minimum Gasteiger partial charge on any atom is -0.480 e. The Hall–Kier alpha value is -2.50. The molecule has 17 heavy (non-hydrogen) atoms. The van der Waals surface area contributed by atoms with Gasteiger partial charge < -0.3 is 20.2 Å². The lowest BCUT2D eigenvalue weighted by atomic mass is 9.81. The van der Waals surface area contributed by atoms with Gasteiger partial charge in [-0.2, -0.15) is 0 Å². The van der Waals surface area contributed by atoms with Gasteiger partial charge in [0.25, 0.3) is 0 Å². The van der Waals surface area contributed by atoms with Crippen molar-refractivity contribution in [2.75, 3.05) is 0 Å². The molecular weight excluding hydrogens is 224 g/mol. The van der Waals surface area contributed by atoms with Crippen LogP contribution in [0.25, 0.3) is 0 Å². The normalized spacial score (nSPS) is 11.3. The Morgan fingerprint density at radius 2 is 1.35 bits per heavy atom. The SMILES string of the molecule is O=C(O)C(C(=O)O)(c1ccc[nH]1)c1ccc[nH]1. The van der Waals surface area contributed by atoms with Crippen LogP contribution in [0.4, 0.5) is 0 Å². The molecule has 0 bridgehead atoms. The second kappa shape index (κ2) is 3.82. The smallest absolute Gasteiger partial charge is 0.333 e. The van der Waals surface area contributed by atoms with Crippen LogP contribution in [-0.2, 0) is 15.0 Å². The van der Waals surface area contributed by atoms with Crippen molar-refractivity contribution in [1.82, 2.24) is 9.97 Å². The summed E-state index contributed by atoms with van der Waals surface area (Å²) >= 11 is 0. The van der Waals surface area contributed by atoms with Crippen molar-refractivity contribution in [3.8, 4) is 0 Å². The lowest BCUT2D eigenvalue weighted by molar-refractivity contribution is -0.155. The van der Waals surface area contributed by atoms with Gasteiger partial charge in [0.05, 0.1) is 0 Å². The fraction of sp³-hybridized carbons (Fsp3) is 0.0909. The number of carboxylic acids is 2. The standard InChI is InChI=1S/C11H10N2O4/c14-9(15)11(10(16)17,7-3-1-5-12-7)8-4-2-6-13-8/h1-6,12-13H,(H,14,15)(H,16,17). The van der Waals surface area contributed by atoms with Crippen molar-refractivity contribution in [3.05, 3.63) is 48.0 Å². The Kier molecular flexibility index (Phi) is 2.47. The second-order valence-corrected chi connectivity index (χ2v) is 3.53. The van der Waals surface area contributed by atoms with Gasteiger partial charge in [0.1, 0.15) is 0 Å². The molecule has 0 aliphatic rings. The molecule has 6 nitrogen and oxygen atoms in total. The van der Waals surface area contributed by atoms with Crippen molar-refractivity contribution >= 4 is 11.9 Å². The van der Waals surface area contributed by atoms with Crippen LogP contribution in [0.3, 0.4) is 0 Å². The highest BCUT2D eigenvalue weighted by molar-refractivity contribution is 6.07. The number of aromatic amines is 2. The first-order valence-corrected chi connectivity index (χ1v) is 4.84. The molecule has 88 valence electrons. The molecule has 2 rings (SSSR count). The molecule has 0 spiro atoms. The summed E-state index contributed by atoms with van der Waals surface area (Å²) in [6.07, 6.45) is 2.97. The van der Waals surface area contributed by atoms with E-state index in [4.69, 9.17) is 0 Å². The van der Waals surface area contributed by atoms with Crippen LogP contribution in [0.5, 0.6) is 0 Å². The van der Waals surface area contributed by atoms with E-state index in [0.29, 0.717) is 0 Å². The highest BCUT2D eigenvalue weighted by atomic mass is 16.4. The monoisotopic (exact) mass is 234 g/mol. The molecule has 6 heteroatoms. The van der Waals surface area contributed by atoms with E-state index in [1.165, 1.54) is 24.5 Å². The Morgan fingerprint density at radius 3 is 1.59 bits per heavy atom. The highest BCUT2D eigenvalue weighted by Gasteiger charge is 2.52. The summed E-state index contributed by atoms with van der Waals surface area (Å²) in [6, 6.07) is 5.98. The first-order valence-electron chi connectivity index (χ1n) is 4.84. The molecule has 4 N–H and O–H groups in total. The van der Waals surface area contributed by atoms with Gasteiger partial charge in [0.2, 0.25) is 5.41 Å². The maximum Gasteiger partial charge on any atom is 0.333 e. The zero-order valence-corrected chi connectivity index (χ0v) is 8.68. The summed E-state index contributed by atoms with van der Waals surface area (Å²) in [4.78, 5) is 28.2. The lowest BCUT2D eigenvalue weighted by Crippen LogP contribution is -2.45. The third kappa shape index (κ3) is 1.42. The summed E-state index contributed by atoms with van der Waals surface area (Å²) in [5.41, 5.74) is -1.94. The Morgan fingerprint density at radius 1 is 0.941 bits per heavy atom. The van der Waals surface area contributed by atoms with Crippen molar-refractivity contribution in [2.45, 2.75) is 5.41 Å². The molecule has 0 saturated heterocycles. The number of carboxylic acid groups (broad SMARTS) is 2. The van der Waals surface area contributed by atoms with Gasteiger partial charge in [-0.05, 0) is 24.3 Å². The van der Waals surface area contributed by atoms with E-state index < -0.39 is 17.4 Å². The number of hydrogen-bond donors (Lipinski definition) is 4. The third-order valence-electron chi connectivity index (χ3n) is 2.65. The largest absolute Gasteiger partial charge is 0.480 e. The van der Waals surface area contributed by atoms with E-state index in [-0.39, 0.29) is 11.4 Å². The number of nitrogens with one attached hydrogen (secondary N) is 2. The first kappa shape index (κ1) is 11.0. The molecule has 2 aromatic heterocycles. The number of H-pyrrole nitrogens is 2. The molecule has 0 aromatic carbocycles. The van der Waals surface area contributed by atoms with Gasteiger partial charge in [-0.25, -0.2) is 0 Å². The molecule has 0 atom stereocenters. The van der Waals surface area contributed by atoms with Gasteiger partial charge in [0, 0.05) is 23.8 Å². The summed E-state index contributed by atoms with van der Waals surface area (Å²) in [7, 11) is 0. The van der Waals surface area contributed by atoms with Crippen molar-refractivity contribution in [2.24, 2.45) is 0 Å². The minimum absolute atomic E-state index is 0.0972. The summed E-state index contributed by atoms with van der Waals surface area (Å²) in [5, 5.41) is 18.6. The molecule has 0 aliphatic heterocycles. The maximum atomic E-state index is 11.4. The second-order valence-electron chi connectivity index (χ2n) is 3.53. The van der Waals surface area contributed by atoms with Gasteiger partial charge in [-0.3, -0.25) is 9.59 Å². The van der Waals surface area contributed by atoms with E-state index in [0.717, 1.165) is 0 Å². The molecule has 0 amide bonds. The topological polar surface area (TPSA) is 106 Å². The van der Waals surface area contributed by atoms with Crippen LogP contribution in [0.2, 0.25) is 0 Å². The number of aliphatic carboxylic acids is 2. The third-order valence-corrected chi connectivity index (χ3v) is 2.65. The molecule has 0 saturated carbocycles. The maximum absolute atomic E-state index is 11.4. The van der Waals surface area contributed by atoms with E-state index in [9.17, 15) is 19.8 Å². The molecule has 2 heterocycles. The molecule has 2 aromatic rings. The number of hydrogen-bond acceptors (Lipinski definition) is 2. The summed E-state index contributed by atoms with van der Waals surface area (Å²) < 4.78 is 0. The predicted molar refractivity (Wildman–Crippen MR) is 57.6 cm³/mol. The highest BCUT2D eigenvalue weighted by Crippen LogP contribution is 2.31. The van der Waals surface area contributed by atoms with Crippen molar-refractivity contribution < 1.29 is 19.8 Å². The minimum atomic E-state index is -2.13. The first-order chi connectivity index (χ1) is 8.10. The van der Waals surface area contributed by atoms with Crippen molar-refractivity contribution in [1.29, 1.82) is 0 Å². The summed E-state index contributed by atoms with van der Waals surface area (Å²) in [5.74, 6) is -2.90. The predicted octanol–water partition coefficient (Wildman–Crippen LogP) is 0.798. The van der Waals surface area contributed by atoms with Crippen LogP contribution >= 0.6 is 0 Å². The Bertz CT molecular complexity index is 478. The van der Waals surface area contributed by atoms with E-state index in [2.05, 4.69) is 9.97 Å². The number of carbonyl (C=O) groups is 2. The fourth-order valence-corrected chi connectivity index (χ4v) is 1.82. The number of aromatic nitrogens is 2. The van der Waals surface area contributed by atoms with Crippen LogP contribution in [0.15, 0.2) is 36.7 Å². The van der Waals surface area contributed by atoms with Crippen LogP contribution in [0.1, 0.15) is 11.4 Å². The molecule has 0 unspecified atom stereocenters. The van der Waals surface area contributed by atoms with Crippen molar-refractivity contribution in [3.63, 3.8) is 0 Å².